The molecule has 1 fully saturated rings. The molecular weight excluding hydrogens is 425 g/mol. The molecule has 31 heavy (non-hydrogen) atoms. The highest BCUT2D eigenvalue weighted by Gasteiger charge is 2.35. The van der Waals surface area contributed by atoms with Crippen molar-refractivity contribution >= 4 is 35.5 Å². The summed E-state index contributed by atoms with van der Waals surface area (Å²) in [6.45, 7) is 4.96. The van der Waals surface area contributed by atoms with Crippen LogP contribution in [0.15, 0.2) is 42.5 Å². The van der Waals surface area contributed by atoms with E-state index in [1.807, 2.05) is 0 Å². The third-order valence-electron chi connectivity index (χ3n) is 4.51. The summed E-state index contributed by atoms with van der Waals surface area (Å²) in [7, 11) is 0. The van der Waals surface area contributed by atoms with Crippen LogP contribution in [0.1, 0.15) is 40.7 Å². The van der Waals surface area contributed by atoms with Gasteiger partial charge in [0, 0.05) is 12.6 Å². The van der Waals surface area contributed by atoms with Gasteiger partial charge in [-0.15, -0.1) is 11.8 Å². The molecule has 1 aliphatic rings. The minimum atomic E-state index is -1.12. The van der Waals surface area contributed by atoms with Crippen LogP contribution in [0.4, 0.5) is 14.9 Å². The standard InChI is InChI=1S/C22H22FNO6S/c1-4-28-22(27)30-14(3)29-21(26)16-7-10-18(13(2)11-16)24-19(25)12-31-20(24)15-5-8-17(23)9-6-15/h5-11,14,20H,4,12H2,1-3H3. The summed E-state index contributed by atoms with van der Waals surface area (Å²) in [5, 5.41) is -0.289. The zero-order chi connectivity index (χ0) is 22.5. The van der Waals surface area contributed by atoms with Crippen molar-refractivity contribution in [2.24, 2.45) is 0 Å². The SMILES string of the molecule is CCOC(=O)OC(C)OC(=O)c1ccc(N2C(=O)CSC2c2ccc(F)cc2)c(C)c1. The van der Waals surface area contributed by atoms with E-state index in [0.29, 0.717) is 17.0 Å². The molecule has 2 aromatic carbocycles. The van der Waals surface area contributed by atoms with E-state index < -0.39 is 18.4 Å². The number of thioether (sulfide) groups is 1. The van der Waals surface area contributed by atoms with Crippen molar-refractivity contribution in [1.29, 1.82) is 0 Å². The summed E-state index contributed by atoms with van der Waals surface area (Å²) in [4.78, 5) is 37.9. The quantitative estimate of drug-likeness (QED) is 0.473. The first-order valence-electron chi connectivity index (χ1n) is 9.64. The van der Waals surface area contributed by atoms with Gasteiger partial charge in [-0.1, -0.05) is 12.1 Å². The molecule has 3 rings (SSSR count). The number of esters is 1. The molecule has 0 bridgehead atoms. The highest BCUT2D eigenvalue weighted by molar-refractivity contribution is 8.00. The van der Waals surface area contributed by atoms with E-state index in [1.54, 1.807) is 49.1 Å². The van der Waals surface area contributed by atoms with Crippen LogP contribution in [0.3, 0.4) is 0 Å². The fourth-order valence-electron chi connectivity index (χ4n) is 3.14. The number of anilines is 1. The predicted molar refractivity (Wildman–Crippen MR) is 113 cm³/mol. The van der Waals surface area contributed by atoms with Gasteiger partial charge in [0.15, 0.2) is 0 Å². The van der Waals surface area contributed by atoms with Gasteiger partial charge >= 0.3 is 12.1 Å². The van der Waals surface area contributed by atoms with Gasteiger partial charge in [-0.25, -0.2) is 14.0 Å². The largest absolute Gasteiger partial charge is 0.511 e. The molecule has 1 heterocycles. The number of carbonyl (C=O) groups excluding carboxylic acids is 3. The summed E-state index contributed by atoms with van der Waals surface area (Å²) in [6, 6.07) is 10.9. The number of benzene rings is 2. The summed E-state index contributed by atoms with van der Waals surface area (Å²) >= 11 is 1.45. The Morgan fingerprint density at radius 2 is 1.90 bits per heavy atom. The lowest BCUT2D eigenvalue weighted by Crippen LogP contribution is -2.28. The number of hydrogen-bond donors (Lipinski definition) is 0. The van der Waals surface area contributed by atoms with E-state index in [0.717, 1.165) is 5.56 Å². The average Bonchev–Trinajstić information content (AvgIpc) is 3.09. The Balaban J connectivity index is 1.76. The first kappa shape index (κ1) is 22.6. The van der Waals surface area contributed by atoms with E-state index in [-0.39, 0.29) is 29.3 Å². The fraction of sp³-hybridized carbons (Fsp3) is 0.318. The van der Waals surface area contributed by atoms with Crippen LogP contribution >= 0.6 is 11.8 Å². The van der Waals surface area contributed by atoms with Crippen LogP contribution in [-0.4, -0.2) is 36.7 Å². The summed E-state index contributed by atoms with van der Waals surface area (Å²) < 4.78 is 27.9. The van der Waals surface area contributed by atoms with E-state index in [9.17, 15) is 18.8 Å². The molecule has 2 aromatic rings. The van der Waals surface area contributed by atoms with Crippen LogP contribution in [0.5, 0.6) is 0 Å². The summed E-state index contributed by atoms with van der Waals surface area (Å²) in [5.74, 6) is -0.795. The number of amides is 1. The minimum absolute atomic E-state index is 0.0748. The molecule has 7 nitrogen and oxygen atoms in total. The monoisotopic (exact) mass is 447 g/mol. The third kappa shape index (κ3) is 5.35. The Morgan fingerprint density at radius 3 is 2.55 bits per heavy atom. The van der Waals surface area contributed by atoms with Crippen molar-refractivity contribution in [1.82, 2.24) is 0 Å². The van der Waals surface area contributed by atoms with Gasteiger partial charge in [-0.3, -0.25) is 9.69 Å². The molecular formula is C22H22FNO6S. The number of hydrogen-bond acceptors (Lipinski definition) is 7. The van der Waals surface area contributed by atoms with E-state index >= 15 is 0 Å². The number of carbonyl (C=O) groups is 3. The zero-order valence-corrected chi connectivity index (χ0v) is 18.1. The van der Waals surface area contributed by atoms with Crippen LogP contribution in [0, 0.1) is 12.7 Å². The molecule has 0 spiro atoms. The molecule has 1 saturated heterocycles. The highest BCUT2D eigenvalue weighted by atomic mass is 32.2. The number of aryl methyl sites for hydroxylation is 1. The summed E-state index contributed by atoms with van der Waals surface area (Å²) in [5.41, 5.74) is 2.40. The van der Waals surface area contributed by atoms with Gasteiger partial charge < -0.3 is 14.2 Å². The Bertz CT molecular complexity index is 980. The molecule has 2 unspecified atom stereocenters. The Hall–Kier alpha value is -3.07. The first-order chi connectivity index (χ1) is 14.8. The first-order valence-corrected chi connectivity index (χ1v) is 10.7. The van der Waals surface area contributed by atoms with Gasteiger partial charge in [-0.05, 0) is 55.3 Å². The molecule has 0 saturated carbocycles. The van der Waals surface area contributed by atoms with Crippen LogP contribution < -0.4 is 4.90 Å². The summed E-state index contributed by atoms with van der Waals surface area (Å²) in [6.07, 6.45) is -2.04. The molecule has 0 aromatic heterocycles. The Morgan fingerprint density at radius 1 is 1.19 bits per heavy atom. The fourth-order valence-corrected chi connectivity index (χ4v) is 4.31. The lowest BCUT2D eigenvalue weighted by atomic mass is 10.1. The van der Waals surface area contributed by atoms with Crippen molar-refractivity contribution in [2.75, 3.05) is 17.3 Å². The zero-order valence-electron chi connectivity index (χ0n) is 17.3. The van der Waals surface area contributed by atoms with Crippen molar-refractivity contribution in [3.63, 3.8) is 0 Å². The second-order valence-electron chi connectivity index (χ2n) is 6.75. The van der Waals surface area contributed by atoms with Crippen molar-refractivity contribution in [3.05, 3.63) is 65.0 Å². The second-order valence-corrected chi connectivity index (χ2v) is 7.82. The van der Waals surface area contributed by atoms with Crippen molar-refractivity contribution < 1.29 is 33.0 Å². The molecule has 2 atom stereocenters. The van der Waals surface area contributed by atoms with E-state index in [2.05, 4.69) is 4.74 Å². The average molecular weight is 447 g/mol. The third-order valence-corrected chi connectivity index (χ3v) is 5.72. The minimum Gasteiger partial charge on any atom is -0.435 e. The van der Waals surface area contributed by atoms with Crippen LogP contribution in [0.25, 0.3) is 0 Å². The van der Waals surface area contributed by atoms with Crippen LogP contribution in [-0.2, 0) is 19.0 Å². The van der Waals surface area contributed by atoms with E-state index in [4.69, 9.17) is 9.47 Å². The number of nitrogens with zero attached hydrogens (tertiary/aromatic N) is 1. The number of rotatable bonds is 6. The Kier molecular flexibility index (Phi) is 7.17. The lowest BCUT2D eigenvalue weighted by Gasteiger charge is -2.26. The van der Waals surface area contributed by atoms with Crippen molar-refractivity contribution in [3.8, 4) is 0 Å². The molecule has 1 aliphatic heterocycles. The van der Waals surface area contributed by atoms with Gasteiger partial charge in [0.1, 0.15) is 11.2 Å². The molecule has 164 valence electrons. The second kappa shape index (κ2) is 9.82. The normalized spacial score (nSPS) is 16.7. The maximum absolute atomic E-state index is 13.3. The topological polar surface area (TPSA) is 82.1 Å². The van der Waals surface area contributed by atoms with Gasteiger partial charge in [0.25, 0.3) is 0 Å². The molecule has 0 radical (unpaired) electrons. The van der Waals surface area contributed by atoms with Gasteiger partial charge in [0.2, 0.25) is 12.2 Å². The molecule has 1 amide bonds. The van der Waals surface area contributed by atoms with Crippen molar-refractivity contribution in [2.45, 2.75) is 32.4 Å². The maximum atomic E-state index is 13.3. The molecule has 0 N–H and O–H groups in total. The van der Waals surface area contributed by atoms with E-state index in [1.165, 1.54) is 30.8 Å². The lowest BCUT2D eigenvalue weighted by molar-refractivity contribution is -0.115. The Labute approximate surface area is 183 Å². The van der Waals surface area contributed by atoms with Gasteiger partial charge in [0.05, 0.1) is 17.9 Å². The molecule has 9 heteroatoms. The van der Waals surface area contributed by atoms with Gasteiger partial charge in [-0.2, -0.15) is 0 Å². The highest BCUT2D eigenvalue weighted by Crippen LogP contribution is 2.42. The maximum Gasteiger partial charge on any atom is 0.511 e. The number of halogens is 1. The molecule has 0 aliphatic carbocycles. The smallest absolute Gasteiger partial charge is 0.435 e. The number of ether oxygens (including phenoxy) is 3. The predicted octanol–water partition coefficient (Wildman–Crippen LogP) is 4.59. The van der Waals surface area contributed by atoms with Crippen LogP contribution in [0.2, 0.25) is 0 Å².